The summed E-state index contributed by atoms with van der Waals surface area (Å²) in [6.07, 6.45) is 0.184. The standard InChI is InChI=1S/C16H15NO3S/c18-13-7-4-8-14(10-13)21-11-16(20)17-15(19)9-12-5-2-1-3-6-12/h1-8,10,18H,9,11H2,(H,17,19,20). The van der Waals surface area contributed by atoms with Gasteiger partial charge in [0.2, 0.25) is 11.8 Å². The van der Waals surface area contributed by atoms with Gasteiger partial charge in [-0.25, -0.2) is 0 Å². The fraction of sp³-hybridized carbons (Fsp3) is 0.125. The first-order valence-electron chi connectivity index (χ1n) is 6.42. The summed E-state index contributed by atoms with van der Waals surface area (Å²) in [7, 11) is 0. The van der Waals surface area contributed by atoms with Crippen LogP contribution in [0.25, 0.3) is 0 Å². The molecule has 0 aliphatic rings. The van der Waals surface area contributed by atoms with Crippen molar-refractivity contribution in [3.63, 3.8) is 0 Å². The van der Waals surface area contributed by atoms with Crippen LogP contribution >= 0.6 is 11.8 Å². The molecule has 2 amide bonds. The van der Waals surface area contributed by atoms with Gasteiger partial charge < -0.3 is 5.11 Å². The Bertz CT molecular complexity index is 628. The summed E-state index contributed by atoms with van der Waals surface area (Å²) in [6.45, 7) is 0. The third-order valence-electron chi connectivity index (χ3n) is 2.67. The molecule has 2 aromatic rings. The maximum atomic E-state index is 11.7. The zero-order chi connectivity index (χ0) is 15.1. The van der Waals surface area contributed by atoms with Gasteiger partial charge in [0.05, 0.1) is 12.2 Å². The van der Waals surface area contributed by atoms with Gasteiger partial charge in [-0.3, -0.25) is 14.9 Å². The molecule has 4 nitrogen and oxygen atoms in total. The summed E-state index contributed by atoms with van der Waals surface area (Å²) < 4.78 is 0. The van der Waals surface area contributed by atoms with E-state index in [0.717, 1.165) is 10.5 Å². The van der Waals surface area contributed by atoms with Crippen LogP contribution in [0.4, 0.5) is 0 Å². The lowest BCUT2D eigenvalue weighted by Gasteiger charge is -2.05. The number of phenolic OH excluding ortho intramolecular Hbond substituents is 1. The number of carbonyl (C=O) groups is 2. The molecule has 2 N–H and O–H groups in total. The van der Waals surface area contributed by atoms with E-state index in [0.29, 0.717) is 0 Å². The van der Waals surface area contributed by atoms with Crippen LogP contribution in [0, 0.1) is 0 Å². The van der Waals surface area contributed by atoms with E-state index in [4.69, 9.17) is 0 Å². The molecule has 0 saturated carbocycles. The molecule has 21 heavy (non-hydrogen) atoms. The average molecular weight is 301 g/mol. The molecule has 108 valence electrons. The van der Waals surface area contributed by atoms with Crippen molar-refractivity contribution in [1.29, 1.82) is 0 Å². The summed E-state index contributed by atoms with van der Waals surface area (Å²) in [5.74, 6) is -0.378. The molecule has 0 atom stereocenters. The zero-order valence-corrected chi connectivity index (χ0v) is 12.1. The van der Waals surface area contributed by atoms with Gasteiger partial charge in [-0.05, 0) is 23.8 Å². The molecular weight excluding hydrogens is 286 g/mol. The molecule has 0 saturated heterocycles. The molecule has 2 aromatic carbocycles. The Morgan fingerprint density at radius 3 is 2.48 bits per heavy atom. The number of rotatable bonds is 5. The van der Waals surface area contributed by atoms with Crippen molar-refractivity contribution < 1.29 is 14.7 Å². The second-order valence-corrected chi connectivity index (χ2v) is 5.47. The summed E-state index contributed by atoms with van der Waals surface area (Å²) >= 11 is 1.27. The van der Waals surface area contributed by atoms with Crippen LogP contribution in [0.15, 0.2) is 59.5 Å². The molecule has 0 unspecified atom stereocenters. The Morgan fingerprint density at radius 1 is 1.00 bits per heavy atom. The molecule has 0 fully saturated rings. The van der Waals surface area contributed by atoms with Crippen molar-refractivity contribution in [3.05, 3.63) is 60.2 Å². The van der Waals surface area contributed by atoms with Gasteiger partial charge in [0, 0.05) is 4.90 Å². The van der Waals surface area contributed by atoms with Crippen molar-refractivity contribution in [2.45, 2.75) is 11.3 Å². The topological polar surface area (TPSA) is 66.4 Å². The van der Waals surface area contributed by atoms with Crippen LogP contribution in [0.2, 0.25) is 0 Å². The van der Waals surface area contributed by atoms with Crippen molar-refractivity contribution in [2.24, 2.45) is 0 Å². The van der Waals surface area contributed by atoms with Gasteiger partial charge >= 0.3 is 0 Å². The highest BCUT2D eigenvalue weighted by Gasteiger charge is 2.09. The number of benzene rings is 2. The van der Waals surface area contributed by atoms with E-state index in [1.54, 1.807) is 24.3 Å². The number of thioether (sulfide) groups is 1. The minimum atomic E-state index is -0.343. The van der Waals surface area contributed by atoms with E-state index in [1.807, 2.05) is 30.3 Å². The molecule has 0 heterocycles. The summed E-state index contributed by atoms with van der Waals surface area (Å²) in [5, 5.41) is 11.7. The fourth-order valence-electron chi connectivity index (χ4n) is 1.74. The smallest absolute Gasteiger partial charge is 0.236 e. The van der Waals surface area contributed by atoms with Crippen LogP contribution in [0.1, 0.15) is 5.56 Å². The number of hydrogen-bond donors (Lipinski definition) is 2. The Balaban J connectivity index is 1.78. The van der Waals surface area contributed by atoms with Gasteiger partial charge in [0.15, 0.2) is 0 Å². The minimum absolute atomic E-state index is 0.129. The fourth-order valence-corrected chi connectivity index (χ4v) is 2.49. The number of aromatic hydroxyl groups is 1. The SMILES string of the molecule is O=C(CSc1cccc(O)c1)NC(=O)Cc1ccccc1. The van der Waals surface area contributed by atoms with Crippen molar-refractivity contribution >= 4 is 23.6 Å². The Labute approximate surface area is 127 Å². The second kappa shape index (κ2) is 7.50. The number of nitrogens with one attached hydrogen (secondary N) is 1. The van der Waals surface area contributed by atoms with Gasteiger partial charge in [-0.15, -0.1) is 11.8 Å². The second-order valence-electron chi connectivity index (χ2n) is 4.42. The van der Waals surface area contributed by atoms with Crippen molar-refractivity contribution in [3.8, 4) is 5.75 Å². The molecule has 0 aliphatic heterocycles. The first kappa shape index (κ1) is 15.1. The predicted molar refractivity (Wildman–Crippen MR) is 82.1 cm³/mol. The van der Waals surface area contributed by atoms with E-state index in [1.165, 1.54) is 11.8 Å². The first-order valence-corrected chi connectivity index (χ1v) is 7.40. The van der Waals surface area contributed by atoms with Crippen molar-refractivity contribution in [2.75, 3.05) is 5.75 Å². The van der Waals surface area contributed by atoms with Crippen molar-refractivity contribution in [1.82, 2.24) is 5.32 Å². The molecule has 0 aliphatic carbocycles. The molecule has 0 bridgehead atoms. The third kappa shape index (κ3) is 5.31. The quantitative estimate of drug-likeness (QED) is 0.832. The minimum Gasteiger partial charge on any atom is -0.508 e. The Morgan fingerprint density at radius 2 is 1.76 bits per heavy atom. The molecule has 0 spiro atoms. The highest BCUT2D eigenvalue weighted by atomic mass is 32.2. The molecule has 0 aromatic heterocycles. The molecular formula is C16H15NO3S. The normalized spacial score (nSPS) is 10.1. The van der Waals surface area contributed by atoms with Crippen LogP contribution in [0.5, 0.6) is 5.75 Å². The van der Waals surface area contributed by atoms with E-state index >= 15 is 0 Å². The summed E-state index contributed by atoms with van der Waals surface area (Å²) in [5.41, 5.74) is 0.864. The van der Waals surface area contributed by atoms with E-state index in [-0.39, 0.29) is 29.7 Å². The Hall–Kier alpha value is -2.27. The molecule has 0 radical (unpaired) electrons. The monoisotopic (exact) mass is 301 g/mol. The van der Waals surface area contributed by atoms with Crippen LogP contribution in [-0.4, -0.2) is 22.7 Å². The number of carbonyl (C=O) groups excluding carboxylic acids is 2. The maximum Gasteiger partial charge on any atom is 0.236 e. The van der Waals surface area contributed by atoms with E-state index in [2.05, 4.69) is 5.32 Å². The van der Waals surface area contributed by atoms with Gasteiger partial charge in [-0.2, -0.15) is 0 Å². The van der Waals surface area contributed by atoms with Crippen LogP contribution in [-0.2, 0) is 16.0 Å². The number of imide groups is 1. The lowest BCUT2D eigenvalue weighted by atomic mass is 10.1. The highest BCUT2D eigenvalue weighted by Crippen LogP contribution is 2.21. The molecule has 2 rings (SSSR count). The van der Waals surface area contributed by atoms with E-state index < -0.39 is 0 Å². The number of amides is 2. The largest absolute Gasteiger partial charge is 0.508 e. The van der Waals surface area contributed by atoms with Gasteiger partial charge in [0.1, 0.15) is 5.75 Å². The third-order valence-corrected chi connectivity index (χ3v) is 3.67. The number of hydrogen-bond acceptors (Lipinski definition) is 4. The zero-order valence-electron chi connectivity index (χ0n) is 11.3. The maximum absolute atomic E-state index is 11.7. The van der Waals surface area contributed by atoms with Gasteiger partial charge in [-0.1, -0.05) is 36.4 Å². The summed E-state index contributed by atoms with van der Waals surface area (Å²) in [6, 6.07) is 15.9. The Kier molecular flexibility index (Phi) is 5.40. The molecule has 5 heteroatoms. The predicted octanol–water partition coefficient (Wildman–Crippen LogP) is 2.37. The number of phenols is 1. The van der Waals surface area contributed by atoms with Gasteiger partial charge in [0.25, 0.3) is 0 Å². The first-order chi connectivity index (χ1) is 10.1. The lowest BCUT2D eigenvalue weighted by Crippen LogP contribution is -2.32. The lowest BCUT2D eigenvalue weighted by molar-refractivity contribution is -0.128. The van der Waals surface area contributed by atoms with Crippen LogP contribution < -0.4 is 5.32 Å². The highest BCUT2D eigenvalue weighted by molar-refractivity contribution is 8.00. The summed E-state index contributed by atoms with van der Waals surface area (Å²) in [4.78, 5) is 24.2. The average Bonchev–Trinajstić information content (AvgIpc) is 2.46. The van der Waals surface area contributed by atoms with Crippen LogP contribution in [0.3, 0.4) is 0 Å². The van der Waals surface area contributed by atoms with E-state index in [9.17, 15) is 14.7 Å².